The highest BCUT2D eigenvalue weighted by Crippen LogP contribution is 2.37. The van der Waals surface area contributed by atoms with Gasteiger partial charge in [0.2, 0.25) is 5.95 Å². The van der Waals surface area contributed by atoms with E-state index in [1.54, 1.807) is 6.20 Å². The van der Waals surface area contributed by atoms with E-state index >= 15 is 0 Å². The van der Waals surface area contributed by atoms with Gasteiger partial charge in [0.1, 0.15) is 5.82 Å². The second kappa shape index (κ2) is 8.37. The van der Waals surface area contributed by atoms with Gasteiger partial charge >= 0.3 is 0 Å². The maximum atomic E-state index is 9.86. The second-order valence-corrected chi connectivity index (χ2v) is 8.68. The minimum Gasteiger partial charge on any atom is -0.395 e. The van der Waals surface area contributed by atoms with Crippen LogP contribution >= 0.6 is 0 Å². The third-order valence-corrected chi connectivity index (χ3v) is 6.32. The molecule has 2 aliphatic heterocycles. The summed E-state index contributed by atoms with van der Waals surface area (Å²) in [4.78, 5) is 16.0. The number of benzene rings is 1. The number of aryl methyl sites for hydroxylation is 1. The molecule has 0 saturated carbocycles. The molecule has 1 saturated heterocycles. The van der Waals surface area contributed by atoms with Gasteiger partial charge in [-0.05, 0) is 42.8 Å². The number of anilines is 4. The highest BCUT2D eigenvalue weighted by molar-refractivity contribution is 5.68. The number of nitrogens with zero attached hydrogens (tertiary/aromatic N) is 4. The highest BCUT2D eigenvalue weighted by atomic mass is 16.5. The Labute approximate surface area is 187 Å². The smallest absolute Gasteiger partial charge is 0.227 e. The average Bonchev–Trinajstić information content (AvgIpc) is 3.18. The molecule has 3 N–H and O–H groups in total. The van der Waals surface area contributed by atoms with Crippen LogP contribution in [0.3, 0.4) is 0 Å². The molecule has 0 amide bonds. The summed E-state index contributed by atoms with van der Waals surface area (Å²) < 4.78 is 5.45. The minimum absolute atomic E-state index is 0.0639. The molecular weight excluding hydrogens is 404 g/mol. The lowest BCUT2D eigenvalue weighted by molar-refractivity contribution is 0.122. The van der Waals surface area contributed by atoms with Crippen molar-refractivity contribution >= 4 is 23.1 Å². The Balaban J connectivity index is 1.38. The Hall–Kier alpha value is -3.23. The first-order valence-electron chi connectivity index (χ1n) is 10.9. The fourth-order valence-corrected chi connectivity index (χ4v) is 4.23. The van der Waals surface area contributed by atoms with Crippen LogP contribution in [0.25, 0.3) is 11.3 Å². The van der Waals surface area contributed by atoms with Crippen LogP contribution in [0.4, 0.5) is 23.1 Å². The van der Waals surface area contributed by atoms with Crippen LogP contribution in [-0.2, 0) is 10.2 Å². The van der Waals surface area contributed by atoms with E-state index in [1.807, 2.05) is 19.2 Å². The number of aliphatic hydroxyl groups is 1. The molecule has 3 aromatic rings. The van der Waals surface area contributed by atoms with E-state index < -0.39 is 0 Å². The van der Waals surface area contributed by atoms with Crippen molar-refractivity contribution in [3.63, 3.8) is 0 Å². The zero-order valence-corrected chi connectivity index (χ0v) is 18.4. The van der Waals surface area contributed by atoms with Gasteiger partial charge in [0.05, 0.1) is 25.5 Å². The summed E-state index contributed by atoms with van der Waals surface area (Å²) in [6.45, 7) is 8.22. The van der Waals surface area contributed by atoms with Gasteiger partial charge in [-0.15, -0.1) is 0 Å². The van der Waals surface area contributed by atoms with Crippen molar-refractivity contribution < 1.29 is 9.84 Å². The zero-order valence-electron chi connectivity index (χ0n) is 18.4. The number of aliphatic hydroxyl groups excluding tert-OH is 1. The number of pyridine rings is 1. The number of hydrogen-bond acceptors (Lipinski definition) is 8. The molecule has 5 rings (SSSR count). The lowest BCUT2D eigenvalue weighted by Gasteiger charge is -2.29. The molecule has 1 atom stereocenters. The van der Waals surface area contributed by atoms with Crippen molar-refractivity contribution in [2.45, 2.75) is 19.3 Å². The molecule has 0 spiro atoms. The van der Waals surface area contributed by atoms with Crippen LogP contribution < -0.4 is 15.5 Å². The number of aromatic nitrogens is 3. The molecule has 8 heteroatoms. The number of morpholine rings is 1. The first kappa shape index (κ1) is 20.7. The van der Waals surface area contributed by atoms with Gasteiger partial charge in [0, 0.05) is 59.9 Å². The van der Waals surface area contributed by atoms with Crippen molar-refractivity contribution in [3.8, 4) is 11.3 Å². The van der Waals surface area contributed by atoms with Gasteiger partial charge in [-0.3, -0.25) is 0 Å². The van der Waals surface area contributed by atoms with Gasteiger partial charge in [0.15, 0.2) is 0 Å². The molecule has 2 aliphatic rings. The van der Waals surface area contributed by atoms with Gasteiger partial charge in [0.25, 0.3) is 0 Å². The third kappa shape index (κ3) is 3.87. The molecule has 0 bridgehead atoms. The first-order valence-corrected chi connectivity index (χ1v) is 10.9. The van der Waals surface area contributed by atoms with Crippen molar-refractivity contribution in [2.75, 3.05) is 55.0 Å². The molecular formula is C24H28N6O2. The monoisotopic (exact) mass is 432 g/mol. The van der Waals surface area contributed by atoms with Crippen LogP contribution in [0.5, 0.6) is 0 Å². The average molecular weight is 433 g/mol. The predicted molar refractivity (Wildman–Crippen MR) is 126 cm³/mol. The number of nitrogens with one attached hydrogen (secondary N) is 2. The summed E-state index contributed by atoms with van der Waals surface area (Å²) in [5, 5.41) is 16.5. The minimum atomic E-state index is -0.341. The zero-order chi connectivity index (χ0) is 22.1. The van der Waals surface area contributed by atoms with E-state index in [-0.39, 0.29) is 12.0 Å². The summed E-state index contributed by atoms with van der Waals surface area (Å²) in [6, 6.07) is 10.3. The maximum absolute atomic E-state index is 9.86. The van der Waals surface area contributed by atoms with E-state index in [2.05, 4.69) is 56.7 Å². The Morgan fingerprint density at radius 1 is 1.19 bits per heavy atom. The fourth-order valence-electron chi connectivity index (χ4n) is 4.23. The first-order chi connectivity index (χ1) is 15.6. The van der Waals surface area contributed by atoms with E-state index in [0.29, 0.717) is 12.5 Å². The van der Waals surface area contributed by atoms with E-state index in [0.717, 1.165) is 60.2 Å². The molecule has 2 aromatic heterocycles. The lowest BCUT2D eigenvalue weighted by Crippen LogP contribution is -2.36. The Bertz CT molecular complexity index is 1130. The van der Waals surface area contributed by atoms with Gasteiger partial charge in [-0.2, -0.15) is 0 Å². The van der Waals surface area contributed by atoms with E-state index in [9.17, 15) is 5.11 Å². The van der Waals surface area contributed by atoms with E-state index in [1.165, 1.54) is 5.69 Å². The van der Waals surface area contributed by atoms with Gasteiger partial charge in [-0.25, -0.2) is 15.0 Å². The normalized spacial score (nSPS) is 20.0. The fraction of sp³-hybridized carbons (Fsp3) is 0.375. The van der Waals surface area contributed by atoms with Crippen molar-refractivity contribution in [2.24, 2.45) is 0 Å². The molecule has 4 heterocycles. The van der Waals surface area contributed by atoms with Crippen LogP contribution in [0.15, 0.2) is 42.7 Å². The summed E-state index contributed by atoms with van der Waals surface area (Å²) in [7, 11) is 0. The quantitative estimate of drug-likeness (QED) is 0.566. The number of rotatable bonds is 5. The van der Waals surface area contributed by atoms with Crippen LogP contribution in [-0.4, -0.2) is 59.5 Å². The standard InChI is InChI=1S/C24H28N6O2/c1-16-11-18(30-7-9-32-10-8-30)3-4-20(16)28-23-25-6-5-21(29-23)17-12-19-22(26-13-17)27-14-24(19,2)15-31/h3-6,11-13,31H,7-10,14-15H2,1-2H3,(H,26,27)(H,25,28,29). The van der Waals surface area contributed by atoms with Crippen molar-refractivity contribution in [1.29, 1.82) is 0 Å². The SMILES string of the molecule is Cc1cc(N2CCOCC2)ccc1Nc1nccc(-c2cnc3c(c2)C(C)(CO)CN3)n1. The van der Waals surface area contributed by atoms with Crippen molar-refractivity contribution in [1.82, 2.24) is 15.0 Å². The summed E-state index contributed by atoms with van der Waals surface area (Å²) in [5.74, 6) is 1.36. The molecule has 0 aliphatic carbocycles. The molecule has 1 aromatic carbocycles. The molecule has 1 fully saturated rings. The predicted octanol–water partition coefficient (Wildman–Crippen LogP) is 3.10. The van der Waals surface area contributed by atoms with Gasteiger partial charge in [-0.1, -0.05) is 6.92 Å². The van der Waals surface area contributed by atoms with Gasteiger partial charge < -0.3 is 25.4 Å². The Kier molecular flexibility index (Phi) is 5.40. The molecule has 1 unspecified atom stereocenters. The van der Waals surface area contributed by atoms with Crippen LogP contribution in [0.2, 0.25) is 0 Å². The highest BCUT2D eigenvalue weighted by Gasteiger charge is 2.35. The Morgan fingerprint density at radius 3 is 2.81 bits per heavy atom. The molecule has 166 valence electrons. The summed E-state index contributed by atoms with van der Waals surface area (Å²) in [6.07, 6.45) is 3.56. The maximum Gasteiger partial charge on any atom is 0.227 e. The third-order valence-electron chi connectivity index (χ3n) is 6.32. The Morgan fingerprint density at radius 2 is 2.03 bits per heavy atom. The van der Waals surface area contributed by atoms with Crippen LogP contribution in [0, 0.1) is 6.92 Å². The largest absolute Gasteiger partial charge is 0.395 e. The number of hydrogen-bond donors (Lipinski definition) is 3. The number of ether oxygens (including phenoxy) is 1. The summed E-state index contributed by atoms with van der Waals surface area (Å²) >= 11 is 0. The topological polar surface area (TPSA) is 95.4 Å². The molecule has 0 radical (unpaired) electrons. The second-order valence-electron chi connectivity index (χ2n) is 8.68. The van der Waals surface area contributed by atoms with E-state index in [4.69, 9.17) is 9.72 Å². The lowest BCUT2D eigenvalue weighted by atomic mass is 9.85. The molecule has 8 nitrogen and oxygen atoms in total. The number of fused-ring (bicyclic) bond motifs is 1. The van der Waals surface area contributed by atoms with Crippen molar-refractivity contribution in [3.05, 3.63) is 53.9 Å². The van der Waals surface area contributed by atoms with Crippen LogP contribution in [0.1, 0.15) is 18.1 Å². The molecule has 32 heavy (non-hydrogen) atoms. The summed E-state index contributed by atoms with van der Waals surface area (Å²) in [5.41, 5.74) is 5.67.